The van der Waals surface area contributed by atoms with Crippen LogP contribution in [0.4, 0.5) is 0 Å². The Hall–Kier alpha value is -1.50. The summed E-state index contributed by atoms with van der Waals surface area (Å²) in [5.41, 5.74) is 2.69. The molecule has 0 aliphatic carbocycles. The zero-order chi connectivity index (χ0) is 10.8. The summed E-state index contributed by atoms with van der Waals surface area (Å²) in [6, 6.07) is 10.7. The number of benzene rings is 2. The van der Waals surface area contributed by atoms with Gasteiger partial charge < -0.3 is 4.74 Å². The summed E-state index contributed by atoms with van der Waals surface area (Å²) in [6.45, 7) is 4.32. The summed E-state index contributed by atoms with van der Waals surface area (Å²) in [4.78, 5) is 0. The third kappa shape index (κ3) is 1.70. The van der Waals surface area contributed by atoms with Crippen molar-refractivity contribution in [3.63, 3.8) is 0 Å². The van der Waals surface area contributed by atoms with Crippen molar-refractivity contribution in [1.82, 2.24) is 0 Å². The number of hydrogen-bond acceptors (Lipinski definition) is 1. The number of aryl methyl sites for hydroxylation is 2. The highest BCUT2D eigenvalue weighted by molar-refractivity contribution is 5.91. The summed E-state index contributed by atoms with van der Waals surface area (Å²) < 4.78 is 5.38. The van der Waals surface area contributed by atoms with Gasteiger partial charge in [-0.3, -0.25) is 0 Å². The molecule has 0 unspecified atom stereocenters. The molecule has 0 N–H and O–H groups in total. The molecular formula is C14H16O. The second kappa shape index (κ2) is 3.93. The number of hydrogen-bond donors (Lipinski definition) is 0. The largest absolute Gasteiger partial charge is 0.496 e. The second-order valence-corrected chi connectivity index (χ2v) is 3.83. The van der Waals surface area contributed by atoms with E-state index >= 15 is 0 Å². The lowest BCUT2D eigenvalue weighted by Crippen LogP contribution is -1.89. The minimum Gasteiger partial charge on any atom is -0.496 e. The lowest BCUT2D eigenvalue weighted by molar-refractivity contribution is 0.420. The lowest BCUT2D eigenvalue weighted by Gasteiger charge is -2.10. The van der Waals surface area contributed by atoms with Crippen LogP contribution in [0.5, 0.6) is 5.75 Å². The van der Waals surface area contributed by atoms with Crippen molar-refractivity contribution in [2.75, 3.05) is 7.11 Å². The lowest BCUT2D eigenvalue weighted by atomic mass is 9.99. The Bertz CT molecular complexity index is 486. The van der Waals surface area contributed by atoms with Gasteiger partial charge in [0.15, 0.2) is 0 Å². The van der Waals surface area contributed by atoms with Crippen LogP contribution in [0.3, 0.4) is 0 Å². The van der Waals surface area contributed by atoms with Gasteiger partial charge in [0.05, 0.1) is 7.11 Å². The molecule has 0 saturated heterocycles. The van der Waals surface area contributed by atoms with E-state index in [1.54, 1.807) is 7.11 Å². The van der Waals surface area contributed by atoms with Crippen LogP contribution in [-0.2, 0) is 6.42 Å². The first-order valence-electron chi connectivity index (χ1n) is 5.32. The van der Waals surface area contributed by atoms with Gasteiger partial charge in [-0.25, -0.2) is 0 Å². The summed E-state index contributed by atoms with van der Waals surface area (Å²) in [5, 5.41) is 2.53. The van der Waals surface area contributed by atoms with E-state index in [0.717, 1.165) is 12.2 Å². The van der Waals surface area contributed by atoms with Gasteiger partial charge in [0.1, 0.15) is 5.75 Å². The van der Waals surface area contributed by atoms with Crippen molar-refractivity contribution in [3.8, 4) is 5.75 Å². The Morgan fingerprint density at radius 2 is 1.93 bits per heavy atom. The SMILES string of the molecule is CCc1cc(C)cc2c(OC)cccc12. The van der Waals surface area contributed by atoms with Crippen LogP contribution in [-0.4, -0.2) is 7.11 Å². The minimum absolute atomic E-state index is 0.964. The quantitative estimate of drug-likeness (QED) is 0.718. The van der Waals surface area contributed by atoms with Crippen molar-refractivity contribution >= 4 is 10.8 Å². The average Bonchev–Trinajstić information content (AvgIpc) is 2.27. The predicted octanol–water partition coefficient (Wildman–Crippen LogP) is 3.72. The fraction of sp³-hybridized carbons (Fsp3) is 0.286. The Kier molecular flexibility index (Phi) is 2.63. The Morgan fingerprint density at radius 3 is 2.60 bits per heavy atom. The molecule has 1 nitrogen and oxygen atoms in total. The van der Waals surface area contributed by atoms with E-state index < -0.39 is 0 Å². The van der Waals surface area contributed by atoms with E-state index in [4.69, 9.17) is 4.74 Å². The molecule has 2 aromatic carbocycles. The molecule has 0 aliphatic rings. The van der Waals surface area contributed by atoms with E-state index in [0.29, 0.717) is 0 Å². The molecule has 0 spiro atoms. The molecule has 0 aromatic heterocycles. The van der Waals surface area contributed by atoms with E-state index in [1.807, 2.05) is 6.07 Å². The van der Waals surface area contributed by atoms with Gasteiger partial charge in [-0.05, 0) is 36.4 Å². The van der Waals surface area contributed by atoms with Crippen molar-refractivity contribution < 1.29 is 4.74 Å². The monoisotopic (exact) mass is 200 g/mol. The summed E-state index contributed by atoms with van der Waals surface area (Å²) in [5.74, 6) is 0.964. The highest BCUT2D eigenvalue weighted by Crippen LogP contribution is 2.29. The summed E-state index contributed by atoms with van der Waals surface area (Å²) >= 11 is 0. The molecule has 0 aliphatic heterocycles. The fourth-order valence-corrected chi connectivity index (χ4v) is 2.07. The van der Waals surface area contributed by atoms with Crippen molar-refractivity contribution in [3.05, 3.63) is 41.5 Å². The Morgan fingerprint density at radius 1 is 1.13 bits per heavy atom. The second-order valence-electron chi connectivity index (χ2n) is 3.83. The van der Waals surface area contributed by atoms with Crippen molar-refractivity contribution in [2.45, 2.75) is 20.3 Å². The maximum atomic E-state index is 5.38. The van der Waals surface area contributed by atoms with Gasteiger partial charge in [-0.2, -0.15) is 0 Å². The summed E-state index contributed by atoms with van der Waals surface area (Å²) in [6.07, 6.45) is 1.06. The molecule has 0 saturated carbocycles. The third-order valence-electron chi connectivity index (χ3n) is 2.79. The molecule has 1 heteroatoms. The average molecular weight is 200 g/mol. The molecule has 2 rings (SSSR count). The van der Waals surface area contributed by atoms with Crippen molar-refractivity contribution in [1.29, 1.82) is 0 Å². The highest BCUT2D eigenvalue weighted by atomic mass is 16.5. The third-order valence-corrected chi connectivity index (χ3v) is 2.79. The Balaban J connectivity index is 2.82. The van der Waals surface area contributed by atoms with Crippen LogP contribution in [0.15, 0.2) is 30.3 Å². The molecule has 2 aromatic rings. The molecule has 0 heterocycles. The topological polar surface area (TPSA) is 9.23 Å². The maximum absolute atomic E-state index is 5.38. The van der Waals surface area contributed by atoms with E-state index in [2.05, 4.69) is 38.1 Å². The van der Waals surface area contributed by atoms with Crippen LogP contribution in [0.25, 0.3) is 10.8 Å². The zero-order valence-corrected chi connectivity index (χ0v) is 9.50. The zero-order valence-electron chi connectivity index (χ0n) is 9.50. The summed E-state index contributed by atoms with van der Waals surface area (Å²) in [7, 11) is 1.72. The number of methoxy groups -OCH3 is 1. The van der Waals surface area contributed by atoms with Gasteiger partial charge in [0, 0.05) is 5.39 Å². The van der Waals surface area contributed by atoms with Gasteiger partial charge in [0.2, 0.25) is 0 Å². The molecule has 0 atom stereocenters. The predicted molar refractivity (Wildman–Crippen MR) is 64.6 cm³/mol. The molecule has 15 heavy (non-hydrogen) atoms. The van der Waals surface area contributed by atoms with Crippen LogP contribution < -0.4 is 4.74 Å². The van der Waals surface area contributed by atoms with Crippen LogP contribution in [0.1, 0.15) is 18.1 Å². The number of rotatable bonds is 2. The molecule has 0 radical (unpaired) electrons. The van der Waals surface area contributed by atoms with E-state index in [9.17, 15) is 0 Å². The first-order chi connectivity index (χ1) is 7.26. The Labute approximate surface area is 90.7 Å². The van der Waals surface area contributed by atoms with Crippen LogP contribution >= 0.6 is 0 Å². The first-order valence-corrected chi connectivity index (χ1v) is 5.32. The molecule has 78 valence electrons. The molecule has 0 amide bonds. The first kappa shape index (κ1) is 10.0. The number of fused-ring (bicyclic) bond motifs is 1. The molecule has 0 bridgehead atoms. The fourth-order valence-electron chi connectivity index (χ4n) is 2.07. The number of ether oxygens (including phenoxy) is 1. The van der Waals surface area contributed by atoms with Crippen LogP contribution in [0, 0.1) is 6.92 Å². The van der Waals surface area contributed by atoms with Gasteiger partial charge >= 0.3 is 0 Å². The minimum atomic E-state index is 0.964. The highest BCUT2D eigenvalue weighted by Gasteiger charge is 2.04. The normalized spacial score (nSPS) is 10.6. The molecule has 0 fully saturated rings. The van der Waals surface area contributed by atoms with E-state index in [1.165, 1.54) is 21.9 Å². The maximum Gasteiger partial charge on any atom is 0.126 e. The molecular weight excluding hydrogens is 184 g/mol. The van der Waals surface area contributed by atoms with E-state index in [-0.39, 0.29) is 0 Å². The smallest absolute Gasteiger partial charge is 0.126 e. The van der Waals surface area contributed by atoms with Gasteiger partial charge in [-0.15, -0.1) is 0 Å². The van der Waals surface area contributed by atoms with Gasteiger partial charge in [-0.1, -0.05) is 30.7 Å². The van der Waals surface area contributed by atoms with Crippen LogP contribution in [0.2, 0.25) is 0 Å². The van der Waals surface area contributed by atoms with Crippen molar-refractivity contribution in [2.24, 2.45) is 0 Å². The van der Waals surface area contributed by atoms with Gasteiger partial charge in [0.25, 0.3) is 0 Å². The standard InChI is InChI=1S/C14H16O/c1-4-11-8-10(2)9-13-12(11)6-5-7-14(13)15-3/h5-9H,4H2,1-3H3.